The Morgan fingerprint density at radius 3 is 2.07 bits per heavy atom. The Bertz CT molecular complexity index is 292. The predicted molar refractivity (Wildman–Crippen MR) is 58.6 cm³/mol. The molecule has 0 bridgehead atoms. The quantitative estimate of drug-likeness (QED) is 0.747. The van der Waals surface area contributed by atoms with Crippen molar-refractivity contribution < 1.29 is 15.0 Å². The molecule has 0 aromatic heterocycles. The van der Waals surface area contributed by atoms with Crippen LogP contribution in [-0.2, 0) is 0 Å². The minimum atomic E-state index is -2.08. The van der Waals surface area contributed by atoms with Crippen LogP contribution in [0.1, 0.15) is 6.92 Å². The van der Waals surface area contributed by atoms with E-state index in [0.29, 0.717) is 0 Å². The summed E-state index contributed by atoms with van der Waals surface area (Å²) in [7, 11) is 4.44. The molecule has 0 saturated heterocycles. The zero-order valence-electron chi connectivity index (χ0n) is 9.30. The average molecular weight is 211 g/mol. The van der Waals surface area contributed by atoms with Crippen molar-refractivity contribution in [1.29, 1.82) is 0 Å². The van der Waals surface area contributed by atoms with Gasteiger partial charge >= 0.3 is 0 Å². The van der Waals surface area contributed by atoms with Crippen LogP contribution in [0.3, 0.4) is 0 Å². The second-order valence-corrected chi connectivity index (χ2v) is 3.60. The Hall–Kier alpha value is -1.55. The van der Waals surface area contributed by atoms with E-state index in [0.717, 1.165) is 11.0 Å². The number of quaternary nitrogens is 1. The third-order valence-corrected chi connectivity index (χ3v) is 2.25. The standard InChI is InChI=1S/C10H16N.CH2O3/c1-4-11(2,3)10-8-6-5-7-9-10;2-1(3)4/h5-9H,4H2,1-3H3;(H2,2,3,4)/q+1;/p-1. The highest BCUT2D eigenvalue weighted by Gasteiger charge is 2.13. The first-order valence-corrected chi connectivity index (χ1v) is 4.68. The predicted octanol–water partition coefficient (Wildman–Crippen LogP) is 1.16. The zero-order chi connectivity index (χ0) is 11.9. The molecule has 1 N–H and O–H groups in total. The molecule has 0 aliphatic heterocycles. The fourth-order valence-electron chi connectivity index (χ4n) is 1.01. The minimum Gasteiger partial charge on any atom is -0.565 e. The van der Waals surface area contributed by atoms with Crippen LogP contribution in [-0.4, -0.2) is 31.9 Å². The Morgan fingerprint density at radius 1 is 1.33 bits per heavy atom. The van der Waals surface area contributed by atoms with E-state index >= 15 is 0 Å². The van der Waals surface area contributed by atoms with Gasteiger partial charge in [-0.05, 0) is 19.1 Å². The van der Waals surface area contributed by atoms with Gasteiger partial charge < -0.3 is 15.0 Å². The van der Waals surface area contributed by atoms with Crippen LogP contribution >= 0.6 is 0 Å². The normalized spacial score (nSPS) is 10.1. The van der Waals surface area contributed by atoms with Crippen LogP contribution in [0.25, 0.3) is 0 Å². The van der Waals surface area contributed by atoms with Crippen molar-refractivity contribution in [2.24, 2.45) is 0 Å². The third-order valence-electron chi connectivity index (χ3n) is 2.25. The number of para-hydroxylation sites is 1. The van der Waals surface area contributed by atoms with Gasteiger partial charge in [0, 0.05) is 0 Å². The van der Waals surface area contributed by atoms with Gasteiger partial charge in [-0.2, -0.15) is 0 Å². The molecule has 0 atom stereocenters. The summed E-state index contributed by atoms with van der Waals surface area (Å²) < 4.78 is 0.959. The van der Waals surface area contributed by atoms with Crippen molar-refractivity contribution in [1.82, 2.24) is 4.48 Å². The van der Waals surface area contributed by atoms with Crippen LogP contribution in [0.5, 0.6) is 0 Å². The molecule has 1 aromatic rings. The number of benzene rings is 1. The highest BCUT2D eigenvalue weighted by molar-refractivity contribution is 5.50. The van der Waals surface area contributed by atoms with E-state index in [1.54, 1.807) is 0 Å². The molecular formula is C11H17NO3. The lowest BCUT2D eigenvalue weighted by Crippen LogP contribution is -2.39. The zero-order valence-corrected chi connectivity index (χ0v) is 9.30. The maximum atomic E-state index is 8.44. The highest BCUT2D eigenvalue weighted by atomic mass is 16.6. The van der Waals surface area contributed by atoms with Gasteiger partial charge in [-0.3, -0.25) is 4.48 Å². The highest BCUT2D eigenvalue weighted by Crippen LogP contribution is 2.16. The van der Waals surface area contributed by atoms with Crippen molar-refractivity contribution in [3.8, 4) is 0 Å². The molecule has 0 aliphatic rings. The molecule has 0 unspecified atom stereocenters. The van der Waals surface area contributed by atoms with Gasteiger partial charge in [0.25, 0.3) is 0 Å². The summed E-state index contributed by atoms with van der Waals surface area (Å²) in [6.45, 7) is 3.33. The van der Waals surface area contributed by atoms with Gasteiger partial charge in [0.05, 0.1) is 20.6 Å². The van der Waals surface area contributed by atoms with Crippen LogP contribution in [0.2, 0.25) is 0 Å². The van der Waals surface area contributed by atoms with Crippen molar-refractivity contribution in [3.63, 3.8) is 0 Å². The van der Waals surface area contributed by atoms with Crippen molar-refractivity contribution in [2.75, 3.05) is 20.6 Å². The molecule has 1 rings (SSSR count). The van der Waals surface area contributed by atoms with E-state index in [-0.39, 0.29) is 0 Å². The molecule has 0 fully saturated rings. The summed E-state index contributed by atoms with van der Waals surface area (Å²) in [6.07, 6.45) is -2.08. The van der Waals surface area contributed by atoms with Gasteiger partial charge in [0.15, 0.2) is 0 Å². The van der Waals surface area contributed by atoms with E-state index in [2.05, 4.69) is 51.4 Å². The second kappa shape index (κ2) is 6.03. The summed E-state index contributed by atoms with van der Waals surface area (Å²) in [5, 5.41) is 15.3. The third kappa shape index (κ3) is 5.70. The van der Waals surface area contributed by atoms with Gasteiger partial charge in [-0.1, -0.05) is 18.2 Å². The summed E-state index contributed by atoms with van der Waals surface area (Å²) >= 11 is 0. The van der Waals surface area contributed by atoms with E-state index in [1.165, 1.54) is 5.69 Å². The van der Waals surface area contributed by atoms with Crippen molar-refractivity contribution in [3.05, 3.63) is 30.3 Å². The molecule has 1 aromatic carbocycles. The lowest BCUT2D eigenvalue weighted by molar-refractivity contribution is -0.275. The van der Waals surface area contributed by atoms with E-state index in [1.807, 2.05) is 0 Å². The molecule has 0 amide bonds. The number of hydrogen-bond donors (Lipinski definition) is 1. The van der Waals surface area contributed by atoms with Gasteiger partial charge in [0.2, 0.25) is 6.16 Å². The molecule has 0 radical (unpaired) electrons. The summed E-state index contributed by atoms with van der Waals surface area (Å²) in [4.78, 5) is 8.44. The topological polar surface area (TPSA) is 60.4 Å². The molecule has 4 nitrogen and oxygen atoms in total. The maximum absolute atomic E-state index is 8.44. The minimum absolute atomic E-state index is 0.959. The monoisotopic (exact) mass is 211 g/mol. The van der Waals surface area contributed by atoms with Crippen molar-refractivity contribution >= 4 is 11.8 Å². The van der Waals surface area contributed by atoms with Gasteiger partial charge in [-0.25, -0.2) is 0 Å². The Morgan fingerprint density at radius 2 is 1.73 bits per heavy atom. The SMILES string of the molecule is CC[N+](C)(C)c1ccccc1.O=C([O-])O. The van der Waals surface area contributed by atoms with Gasteiger partial charge in [-0.15, -0.1) is 0 Å². The lowest BCUT2D eigenvalue weighted by Gasteiger charge is -2.27. The van der Waals surface area contributed by atoms with E-state index in [4.69, 9.17) is 15.0 Å². The summed E-state index contributed by atoms with van der Waals surface area (Å²) in [5.41, 5.74) is 1.37. The average Bonchev–Trinajstić information content (AvgIpc) is 2.18. The largest absolute Gasteiger partial charge is 0.565 e. The molecule has 84 valence electrons. The number of carbonyl (C=O) groups is 1. The second-order valence-electron chi connectivity index (χ2n) is 3.60. The van der Waals surface area contributed by atoms with E-state index in [9.17, 15) is 0 Å². The Kier molecular flexibility index (Phi) is 5.41. The first-order chi connectivity index (χ1) is 6.90. The van der Waals surface area contributed by atoms with Crippen LogP contribution in [0, 0.1) is 0 Å². The smallest absolute Gasteiger partial charge is 0.249 e. The molecule has 15 heavy (non-hydrogen) atoms. The Labute approximate surface area is 90.0 Å². The fraction of sp³-hybridized carbons (Fsp3) is 0.364. The number of nitrogens with zero attached hydrogens (tertiary/aromatic N) is 1. The van der Waals surface area contributed by atoms with E-state index < -0.39 is 6.16 Å². The van der Waals surface area contributed by atoms with Gasteiger partial charge in [0.1, 0.15) is 5.69 Å². The number of hydrogen-bond acceptors (Lipinski definition) is 2. The molecule has 0 aliphatic carbocycles. The lowest BCUT2D eigenvalue weighted by atomic mass is 10.2. The molecule has 0 heterocycles. The number of rotatable bonds is 2. The molecular weight excluding hydrogens is 194 g/mol. The maximum Gasteiger partial charge on any atom is 0.249 e. The summed E-state index contributed by atoms with van der Waals surface area (Å²) in [5.74, 6) is 0. The first kappa shape index (κ1) is 13.4. The molecule has 0 spiro atoms. The Balaban J connectivity index is 0.000000423. The molecule has 0 saturated carbocycles. The first-order valence-electron chi connectivity index (χ1n) is 4.68. The van der Waals surface area contributed by atoms with Crippen LogP contribution in [0.4, 0.5) is 10.5 Å². The van der Waals surface area contributed by atoms with Crippen LogP contribution < -0.4 is 9.59 Å². The van der Waals surface area contributed by atoms with Crippen molar-refractivity contribution in [2.45, 2.75) is 6.92 Å². The number of carboxylic acid groups (broad SMARTS) is 2. The van der Waals surface area contributed by atoms with Crippen LogP contribution in [0.15, 0.2) is 30.3 Å². The molecule has 4 heteroatoms. The fourth-order valence-corrected chi connectivity index (χ4v) is 1.01. The summed E-state index contributed by atoms with van der Waals surface area (Å²) in [6, 6.07) is 10.6.